The molecule has 1 heterocycles. The van der Waals surface area contributed by atoms with Crippen LogP contribution in [-0.4, -0.2) is 29.0 Å². The van der Waals surface area contributed by atoms with Gasteiger partial charge in [-0.1, -0.05) is 24.4 Å². The van der Waals surface area contributed by atoms with Crippen molar-refractivity contribution in [2.24, 2.45) is 0 Å². The van der Waals surface area contributed by atoms with Crippen molar-refractivity contribution in [1.82, 2.24) is 10.0 Å². The Morgan fingerprint density at radius 3 is 2.42 bits per heavy atom. The monoisotopic (exact) mass is 342 g/mol. The molecule has 0 unspecified atom stereocenters. The van der Waals surface area contributed by atoms with Crippen molar-refractivity contribution < 1.29 is 14.7 Å². The van der Waals surface area contributed by atoms with Gasteiger partial charge in [-0.2, -0.15) is 0 Å². The van der Waals surface area contributed by atoms with Crippen LogP contribution in [0.2, 0.25) is 0 Å². The number of methoxy groups -OCH3 is 2. The van der Waals surface area contributed by atoms with Gasteiger partial charge in [-0.25, -0.2) is 0 Å². The smallest absolute Gasteiger partial charge is 0.130 e. The maximum atomic E-state index is 9.00. The van der Waals surface area contributed by atoms with Gasteiger partial charge in [-0.3, -0.25) is 10.7 Å². The molecule has 3 rings (SSSR count). The fraction of sp³-hybridized carbons (Fsp3) is 0.167. The number of aromatic nitrogens is 1. The van der Waals surface area contributed by atoms with Crippen LogP contribution in [0.5, 0.6) is 11.5 Å². The predicted molar refractivity (Wildman–Crippen MR) is 97.2 cm³/mol. The topological polar surface area (TPSA) is 55.7 Å². The van der Waals surface area contributed by atoms with Crippen LogP contribution < -0.4 is 15.0 Å². The van der Waals surface area contributed by atoms with Gasteiger partial charge < -0.3 is 14.0 Å². The fourth-order valence-corrected chi connectivity index (χ4v) is 2.81. The Morgan fingerprint density at radius 2 is 1.79 bits per heavy atom. The summed E-state index contributed by atoms with van der Waals surface area (Å²) >= 11 is 5.09. The van der Waals surface area contributed by atoms with E-state index in [0.29, 0.717) is 11.5 Å². The molecule has 2 aromatic carbocycles. The molecule has 0 radical (unpaired) electrons. The summed E-state index contributed by atoms with van der Waals surface area (Å²) in [6.07, 6.45) is 2.02. The summed E-state index contributed by atoms with van der Waals surface area (Å²) in [5.41, 5.74) is 4.89. The van der Waals surface area contributed by atoms with Crippen LogP contribution in [0.1, 0.15) is 11.1 Å². The molecule has 0 saturated heterocycles. The number of nitrogens with one attached hydrogen (secondary N) is 1. The quantitative estimate of drug-likeness (QED) is 0.550. The van der Waals surface area contributed by atoms with Crippen molar-refractivity contribution >= 4 is 28.1 Å². The highest BCUT2D eigenvalue weighted by Crippen LogP contribution is 2.25. The van der Waals surface area contributed by atoms with Crippen molar-refractivity contribution in [3.8, 4) is 11.5 Å². The van der Waals surface area contributed by atoms with Crippen LogP contribution >= 0.6 is 12.2 Å². The van der Waals surface area contributed by atoms with Gasteiger partial charge in [0.05, 0.1) is 14.2 Å². The van der Waals surface area contributed by atoms with Crippen molar-refractivity contribution in [3.63, 3.8) is 0 Å². The third-order valence-electron chi connectivity index (χ3n) is 3.90. The molecule has 1 aromatic heterocycles. The average Bonchev–Trinajstić information content (AvgIpc) is 3.02. The maximum Gasteiger partial charge on any atom is 0.130 e. The predicted octanol–water partition coefficient (Wildman–Crippen LogP) is 3.36. The Hall–Kier alpha value is -2.57. The molecule has 0 amide bonds. The van der Waals surface area contributed by atoms with Gasteiger partial charge in [0.1, 0.15) is 16.5 Å². The molecule has 0 atom stereocenters. The van der Waals surface area contributed by atoms with Crippen molar-refractivity contribution in [3.05, 3.63) is 59.8 Å². The van der Waals surface area contributed by atoms with Crippen molar-refractivity contribution in [2.45, 2.75) is 6.54 Å². The fourth-order valence-electron chi connectivity index (χ4n) is 2.68. The Balaban J connectivity index is 1.99. The molecule has 124 valence electrons. The number of hydrogen-bond acceptors (Lipinski definition) is 4. The minimum absolute atomic E-state index is 0.299. The van der Waals surface area contributed by atoms with E-state index in [-0.39, 0.29) is 0 Å². The van der Waals surface area contributed by atoms with E-state index in [9.17, 15) is 0 Å². The summed E-state index contributed by atoms with van der Waals surface area (Å²) in [7, 11) is 3.28. The molecule has 0 bridgehead atoms. The highest BCUT2D eigenvalue weighted by atomic mass is 32.1. The van der Waals surface area contributed by atoms with Crippen molar-refractivity contribution in [2.75, 3.05) is 14.2 Å². The first-order valence-corrected chi connectivity index (χ1v) is 7.80. The van der Waals surface area contributed by atoms with Gasteiger partial charge >= 0.3 is 0 Å². The molecule has 0 saturated carbocycles. The molecule has 3 aromatic rings. The van der Waals surface area contributed by atoms with Crippen LogP contribution in [0.3, 0.4) is 0 Å². The van der Waals surface area contributed by atoms with Gasteiger partial charge in [-0.05, 0) is 35.2 Å². The minimum atomic E-state index is 0.299. The molecule has 2 N–H and O–H groups in total. The molecular formula is C18H18N2O3S. The molecule has 24 heavy (non-hydrogen) atoms. The first-order valence-electron chi connectivity index (χ1n) is 7.40. The number of hydrogen-bond donors (Lipinski definition) is 2. The Morgan fingerprint density at radius 1 is 1.08 bits per heavy atom. The molecule has 0 aliphatic heterocycles. The van der Waals surface area contributed by atoms with Crippen LogP contribution in [0.15, 0.2) is 48.7 Å². The van der Waals surface area contributed by atoms with Crippen molar-refractivity contribution in [1.29, 1.82) is 0 Å². The molecule has 0 spiro atoms. The number of rotatable bonds is 5. The van der Waals surface area contributed by atoms with E-state index >= 15 is 0 Å². The standard InChI is InChI=1S/C18H18N2O3S/c1-22-15-7-12(8-16(10-15)23-2)11-20-6-5-13-3-4-14(9-17(13)20)18(24)19-21/h3-10,21H,11H2,1-2H3,(H,19,24). The molecule has 0 fully saturated rings. The Kier molecular flexibility index (Phi) is 4.69. The number of nitrogens with zero attached hydrogens (tertiary/aromatic N) is 1. The Labute approximate surface area is 145 Å². The lowest BCUT2D eigenvalue weighted by Crippen LogP contribution is -2.17. The summed E-state index contributed by atoms with van der Waals surface area (Å²) in [6.45, 7) is 0.666. The van der Waals surface area contributed by atoms with E-state index in [1.807, 2.05) is 54.1 Å². The molecule has 5 nitrogen and oxygen atoms in total. The first kappa shape index (κ1) is 16.3. The number of thiocarbonyl (C=S) groups is 1. The highest BCUT2D eigenvalue weighted by molar-refractivity contribution is 7.80. The van der Waals surface area contributed by atoms with Gasteiger partial charge in [-0.15, -0.1) is 0 Å². The van der Waals surface area contributed by atoms with Gasteiger partial charge in [0.25, 0.3) is 0 Å². The third kappa shape index (κ3) is 3.20. The normalized spacial score (nSPS) is 10.6. The van der Waals surface area contributed by atoms with Crippen LogP contribution in [0.25, 0.3) is 10.9 Å². The second kappa shape index (κ2) is 6.90. The largest absolute Gasteiger partial charge is 0.497 e. The van der Waals surface area contributed by atoms with Gasteiger partial charge in [0.2, 0.25) is 0 Å². The van der Waals surface area contributed by atoms with Gasteiger partial charge in [0, 0.05) is 29.9 Å². The van der Waals surface area contributed by atoms with E-state index < -0.39 is 0 Å². The molecule has 6 heteroatoms. The summed E-state index contributed by atoms with van der Waals surface area (Å²) < 4.78 is 12.8. The molecular weight excluding hydrogens is 324 g/mol. The zero-order valence-corrected chi connectivity index (χ0v) is 14.3. The minimum Gasteiger partial charge on any atom is -0.497 e. The second-order valence-electron chi connectivity index (χ2n) is 5.38. The SMILES string of the molecule is COc1cc(Cn2ccc3ccc(C(=S)NO)cc32)cc(OC)c1. The maximum absolute atomic E-state index is 9.00. The lowest BCUT2D eigenvalue weighted by Gasteiger charge is -2.11. The van der Waals surface area contributed by atoms with E-state index in [0.717, 1.165) is 33.5 Å². The lowest BCUT2D eigenvalue weighted by atomic mass is 10.1. The zero-order chi connectivity index (χ0) is 17.1. The van der Waals surface area contributed by atoms with Gasteiger partial charge in [0.15, 0.2) is 0 Å². The zero-order valence-electron chi connectivity index (χ0n) is 13.4. The van der Waals surface area contributed by atoms with Crippen LogP contribution in [-0.2, 0) is 6.54 Å². The highest BCUT2D eigenvalue weighted by Gasteiger charge is 2.08. The summed E-state index contributed by atoms with van der Waals surface area (Å²) in [5, 5.41) is 10.1. The number of hydroxylamine groups is 1. The number of benzene rings is 2. The molecule has 0 aliphatic carbocycles. The van der Waals surface area contributed by atoms with E-state index in [2.05, 4.69) is 4.57 Å². The van der Waals surface area contributed by atoms with E-state index in [1.165, 1.54) is 0 Å². The second-order valence-corrected chi connectivity index (χ2v) is 5.79. The van der Waals surface area contributed by atoms with E-state index in [4.69, 9.17) is 26.9 Å². The Bertz CT molecular complexity index is 867. The number of ether oxygens (including phenoxy) is 2. The summed E-state index contributed by atoms with van der Waals surface area (Å²) in [5.74, 6) is 1.51. The molecule has 0 aliphatic rings. The lowest BCUT2D eigenvalue weighted by molar-refractivity contribution is 0.238. The number of fused-ring (bicyclic) bond motifs is 1. The van der Waals surface area contributed by atoms with Crippen LogP contribution in [0, 0.1) is 0 Å². The third-order valence-corrected chi connectivity index (χ3v) is 4.23. The summed E-state index contributed by atoms with van der Waals surface area (Å²) in [4.78, 5) is 0.299. The first-order chi connectivity index (χ1) is 11.6. The average molecular weight is 342 g/mol. The van der Waals surface area contributed by atoms with E-state index in [1.54, 1.807) is 14.2 Å². The summed E-state index contributed by atoms with van der Waals surface area (Å²) in [6, 6.07) is 13.7. The van der Waals surface area contributed by atoms with Crippen LogP contribution in [0.4, 0.5) is 0 Å².